The summed E-state index contributed by atoms with van der Waals surface area (Å²) in [5.41, 5.74) is 0. The fraction of sp³-hybridized carbons (Fsp3) is 0.786. The summed E-state index contributed by atoms with van der Waals surface area (Å²) >= 11 is 0. The first-order valence-electron chi connectivity index (χ1n) is 7.30. The first kappa shape index (κ1) is 15.0. The van der Waals surface area contributed by atoms with Gasteiger partial charge in [0.25, 0.3) is 0 Å². The Morgan fingerprint density at radius 1 is 1.45 bits per heavy atom. The average Bonchev–Trinajstić information content (AvgIpc) is 2.89. The summed E-state index contributed by atoms with van der Waals surface area (Å²) in [5.74, 6) is 1.52. The molecule has 0 aliphatic heterocycles. The van der Waals surface area contributed by atoms with Crippen LogP contribution >= 0.6 is 0 Å². The molecule has 6 heteroatoms. The summed E-state index contributed by atoms with van der Waals surface area (Å²) in [6.45, 7) is 2.16. The molecule has 1 aliphatic rings. The Labute approximate surface area is 119 Å². The third-order valence-electron chi connectivity index (χ3n) is 3.70. The van der Waals surface area contributed by atoms with Crippen LogP contribution in [0.25, 0.3) is 0 Å². The molecule has 2 rings (SSSR count). The highest BCUT2D eigenvalue weighted by Gasteiger charge is 2.20. The molecule has 1 heterocycles. The molecule has 1 saturated carbocycles. The van der Waals surface area contributed by atoms with Crippen LogP contribution in [0.4, 0.5) is 0 Å². The number of ether oxygens (including phenoxy) is 1. The maximum absolute atomic E-state index is 12.0. The minimum Gasteiger partial charge on any atom is -0.377 e. The summed E-state index contributed by atoms with van der Waals surface area (Å²) < 4.78 is 10.0. The third kappa shape index (κ3) is 4.30. The summed E-state index contributed by atoms with van der Waals surface area (Å²) in [5, 5.41) is 6.71. The first-order chi connectivity index (χ1) is 9.69. The molecule has 1 fully saturated rings. The standard InChI is InChI=1S/C14H23N3O3/c1-10(14-16-12(9-19-2)17-20-14)15-13(18)8-11-6-4-3-5-7-11/h10-11H,3-9H2,1-2H3,(H,15,18)/t10-/m1/s1. The second kappa shape index (κ2) is 7.38. The molecule has 1 N–H and O–H groups in total. The molecular weight excluding hydrogens is 258 g/mol. The second-order valence-corrected chi connectivity index (χ2v) is 5.48. The van der Waals surface area contributed by atoms with Crippen LogP contribution in [0.15, 0.2) is 4.52 Å². The van der Waals surface area contributed by atoms with Gasteiger partial charge in [-0.1, -0.05) is 24.4 Å². The van der Waals surface area contributed by atoms with Gasteiger partial charge in [-0.2, -0.15) is 4.98 Å². The molecule has 0 bridgehead atoms. The van der Waals surface area contributed by atoms with Crippen molar-refractivity contribution in [3.8, 4) is 0 Å². The number of carbonyl (C=O) groups excluding carboxylic acids is 1. The van der Waals surface area contributed by atoms with Crippen LogP contribution in [0.5, 0.6) is 0 Å². The zero-order valence-corrected chi connectivity index (χ0v) is 12.2. The number of amides is 1. The van der Waals surface area contributed by atoms with Gasteiger partial charge in [0.1, 0.15) is 12.6 Å². The molecule has 20 heavy (non-hydrogen) atoms. The van der Waals surface area contributed by atoms with Gasteiger partial charge in [0, 0.05) is 13.5 Å². The number of carbonyl (C=O) groups is 1. The highest BCUT2D eigenvalue weighted by molar-refractivity contribution is 5.76. The predicted octanol–water partition coefficient (Wildman–Crippen LogP) is 2.36. The van der Waals surface area contributed by atoms with E-state index in [0.29, 0.717) is 30.7 Å². The number of nitrogens with one attached hydrogen (secondary N) is 1. The van der Waals surface area contributed by atoms with E-state index in [4.69, 9.17) is 9.26 Å². The Bertz CT molecular complexity index is 427. The molecule has 0 unspecified atom stereocenters. The Kier molecular flexibility index (Phi) is 5.52. The molecule has 0 radical (unpaired) electrons. The van der Waals surface area contributed by atoms with Gasteiger partial charge in [0.15, 0.2) is 5.82 Å². The van der Waals surface area contributed by atoms with Gasteiger partial charge in [0.05, 0.1) is 0 Å². The number of aromatic nitrogens is 2. The van der Waals surface area contributed by atoms with Gasteiger partial charge in [-0.3, -0.25) is 4.79 Å². The SMILES string of the molecule is COCc1noc([C@@H](C)NC(=O)CC2CCCCC2)n1. The summed E-state index contributed by atoms with van der Waals surface area (Å²) in [6, 6.07) is -0.260. The Hall–Kier alpha value is -1.43. The highest BCUT2D eigenvalue weighted by atomic mass is 16.5. The van der Waals surface area contributed by atoms with E-state index >= 15 is 0 Å². The summed E-state index contributed by atoms with van der Waals surface area (Å²) in [4.78, 5) is 16.2. The second-order valence-electron chi connectivity index (χ2n) is 5.48. The van der Waals surface area contributed by atoms with Crippen molar-refractivity contribution < 1.29 is 14.1 Å². The monoisotopic (exact) mass is 281 g/mol. The number of methoxy groups -OCH3 is 1. The van der Waals surface area contributed by atoms with E-state index in [2.05, 4.69) is 15.5 Å². The van der Waals surface area contributed by atoms with Gasteiger partial charge in [0.2, 0.25) is 11.8 Å². The van der Waals surface area contributed by atoms with Crippen LogP contribution in [0.1, 0.15) is 63.2 Å². The van der Waals surface area contributed by atoms with E-state index in [-0.39, 0.29) is 11.9 Å². The molecule has 0 spiro atoms. The van der Waals surface area contributed by atoms with E-state index in [1.807, 2.05) is 6.92 Å². The molecule has 0 aromatic carbocycles. The molecule has 1 amide bonds. The normalized spacial score (nSPS) is 17.9. The van der Waals surface area contributed by atoms with Gasteiger partial charge >= 0.3 is 0 Å². The van der Waals surface area contributed by atoms with Gasteiger partial charge in [-0.25, -0.2) is 0 Å². The minimum absolute atomic E-state index is 0.0656. The molecule has 6 nitrogen and oxygen atoms in total. The molecule has 1 aromatic heterocycles. The Morgan fingerprint density at radius 3 is 2.90 bits per heavy atom. The quantitative estimate of drug-likeness (QED) is 0.866. The van der Waals surface area contributed by atoms with Crippen molar-refractivity contribution in [2.45, 2.75) is 58.1 Å². The van der Waals surface area contributed by atoms with E-state index < -0.39 is 0 Å². The van der Waals surface area contributed by atoms with Gasteiger partial charge < -0.3 is 14.6 Å². The average molecular weight is 281 g/mol. The number of rotatable bonds is 6. The zero-order chi connectivity index (χ0) is 14.4. The number of nitrogens with zero attached hydrogens (tertiary/aromatic N) is 2. The van der Waals surface area contributed by atoms with Crippen molar-refractivity contribution in [3.05, 3.63) is 11.7 Å². The maximum atomic E-state index is 12.0. The zero-order valence-electron chi connectivity index (χ0n) is 12.2. The maximum Gasteiger partial charge on any atom is 0.249 e. The van der Waals surface area contributed by atoms with Crippen LogP contribution in [-0.4, -0.2) is 23.2 Å². The molecular formula is C14H23N3O3. The van der Waals surface area contributed by atoms with Crippen LogP contribution in [0, 0.1) is 5.92 Å². The number of hydrogen-bond donors (Lipinski definition) is 1. The van der Waals surface area contributed by atoms with E-state index in [1.54, 1.807) is 7.11 Å². The van der Waals surface area contributed by atoms with Crippen molar-refractivity contribution in [2.75, 3.05) is 7.11 Å². The van der Waals surface area contributed by atoms with Crippen molar-refractivity contribution in [1.29, 1.82) is 0 Å². The lowest BCUT2D eigenvalue weighted by Crippen LogP contribution is -2.29. The van der Waals surface area contributed by atoms with Gasteiger partial charge in [-0.15, -0.1) is 0 Å². The lowest BCUT2D eigenvalue weighted by atomic mass is 9.87. The largest absolute Gasteiger partial charge is 0.377 e. The molecule has 1 aliphatic carbocycles. The van der Waals surface area contributed by atoms with E-state index in [0.717, 1.165) is 0 Å². The van der Waals surface area contributed by atoms with Crippen LogP contribution in [-0.2, 0) is 16.1 Å². The Balaban J connectivity index is 1.79. The smallest absolute Gasteiger partial charge is 0.249 e. The Morgan fingerprint density at radius 2 is 2.20 bits per heavy atom. The van der Waals surface area contributed by atoms with Crippen LogP contribution in [0.2, 0.25) is 0 Å². The van der Waals surface area contributed by atoms with Crippen LogP contribution < -0.4 is 5.32 Å². The lowest BCUT2D eigenvalue weighted by molar-refractivity contribution is -0.123. The first-order valence-corrected chi connectivity index (χ1v) is 7.30. The minimum atomic E-state index is -0.260. The molecule has 112 valence electrons. The fourth-order valence-corrected chi connectivity index (χ4v) is 2.65. The van der Waals surface area contributed by atoms with Crippen molar-refractivity contribution in [1.82, 2.24) is 15.5 Å². The van der Waals surface area contributed by atoms with Crippen molar-refractivity contribution in [3.63, 3.8) is 0 Å². The van der Waals surface area contributed by atoms with E-state index in [1.165, 1.54) is 32.1 Å². The van der Waals surface area contributed by atoms with Gasteiger partial charge in [-0.05, 0) is 25.7 Å². The highest BCUT2D eigenvalue weighted by Crippen LogP contribution is 2.26. The predicted molar refractivity (Wildman–Crippen MR) is 72.8 cm³/mol. The third-order valence-corrected chi connectivity index (χ3v) is 3.70. The summed E-state index contributed by atoms with van der Waals surface area (Å²) in [6.07, 6.45) is 6.73. The molecule has 0 saturated heterocycles. The molecule has 1 aromatic rings. The molecule has 1 atom stereocenters. The van der Waals surface area contributed by atoms with Crippen molar-refractivity contribution >= 4 is 5.91 Å². The van der Waals surface area contributed by atoms with Crippen LogP contribution in [0.3, 0.4) is 0 Å². The number of hydrogen-bond acceptors (Lipinski definition) is 5. The topological polar surface area (TPSA) is 77.3 Å². The summed E-state index contributed by atoms with van der Waals surface area (Å²) in [7, 11) is 1.57. The van der Waals surface area contributed by atoms with E-state index in [9.17, 15) is 4.79 Å². The van der Waals surface area contributed by atoms with Crippen molar-refractivity contribution in [2.24, 2.45) is 5.92 Å². The fourth-order valence-electron chi connectivity index (χ4n) is 2.65. The lowest BCUT2D eigenvalue weighted by Gasteiger charge is -2.21.